The fourth-order valence-corrected chi connectivity index (χ4v) is 6.48. The van der Waals surface area contributed by atoms with E-state index in [1.54, 1.807) is 0 Å². The first-order chi connectivity index (χ1) is 22.4. The van der Waals surface area contributed by atoms with Crippen molar-refractivity contribution in [2.75, 3.05) is 13.2 Å². The Labute approximate surface area is 266 Å². The molecule has 1 aliphatic heterocycles. The number of benzene rings is 2. The summed E-state index contributed by atoms with van der Waals surface area (Å²) in [5.41, 5.74) is -6.59. The lowest BCUT2D eigenvalue weighted by Crippen LogP contribution is -2.34. The summed E-state index contributed by atoms with van der Waals surface area (Å²) in [5, 5.41) is 0. The lowest BCUT2D eigenvalue weighted by Gasteiger charge is -2.37. The lowest BCUT2D eigenvalue weighted by atomic mass is 9.76. The van der Waals surface area contributed by atoms with E-state index in [0.717, 1.165) is 31.7 Å². The first-order valence-electron chi connectivity index (χ1n) is 14.9. The number of allylic oxidation sites excluding steroid dienone is 6. The Morgan fingerprint density at radius 2 is 1.38 bits per heavy atom. The molecule has 0 spiro atoms. The molecule has 0 radical (unpaired) electrons. The van der Waals surface area contributed by atoms with Crippen LogP contribution in [-0.2, 0) is 26.2 Å². The summed E-state index contributed by atoms with van der Waals surface area (Å²) in [6.45, 7) is 2.56. The van der Waals surface area contributed by atoms with Gasteiger partial charge in [0.2, 0.25) is 0 Å². The predicted octanol–water partition coefficient (Wildman–Crippen LogP) is 10.7. The van der Waals surface area contributed by atoms with Crippen molar-refractivity contribution in [2.24, 2.45) is 23.7 Å². The Hall–Kier alpha value is -3.30. The number of ether oxygens (including phenoxy) is 3. The van der Waals surface area contributed by atoms with Gasteiger partial charge in [0.25, 0.3) is 5.92 Å². The summed E-state index contributed by atoms with van der Waals surface area (Å²) in [6, 6.07) is 2.03. The highest BCUT2D eigenvalue weighted by Crippen LogP contribution is 2.51. The molecule has 3 aliphatic rings. The van der Waals surface area contributed by atoms with Crippen molar-refractivity contribution >= 4 is 5.57 Å². The summed E-state index contributed by atoms with van der Waals surface area (Å²) in [5.74, 6) is -16.6. The number of hydrogen-bond acceptors (Lipinski definition) is 3. The summed E-state index contributed by atoms with van der Waals surface area (Å²) < 4.78 is 184. The molecule has 5 rings (SSSR count). The maximum absolute atomic E-state index is 15.5. The van der Waals surface area contributed by atoms with Gasteiger partial charge in [0.05, 0.1) is 18.8 Å². The van der Waals surface area contributed by atoms with E-state index >= 15 is 17.6 Å². The molecule has 2 aromatic rings. The van der Waals surface area contributed by atoms with E-state index in [1.807, 2.05) is 13.0 Å². The van der Waals surface area contributed by atoms with Crippen LogP contribution in [0.4, 0.5) is 52.7 Å². The fraction of sp³-hybridized carbons (Fsp3) is 0.455. The summed E-state index contributed by atoms with van der Waals surface area (Å²) >= 11 is 0. The van der Waals surface area contributed by atoms with Gasteiger partial charge in [-0.05, 0) is 80.3 Å². The standard InChI is InChI=1S/C33H28F12O3/c1-2-3-16-4-6-17(7-5-16)20-14-46-30(47-15-20)18-8-9-21(23(34)10-18)31(39,40)22-13-24(35)27(29(22)38)19-11-25(36)28(26(37)12-19)32(41,42)48-33(43,44)45/h2-3,8-13,16-17,20,22,30H,4-7,14-15H2,1H3/b3-2+. The van der Waals surface area contributed by atoms with E-state index in [2.05, 4.69) is 10.8 Å². The van der Waals surface area contributed by atoms with Gasteiger partial charge >= 0.3 is 12.5 Å². The average Bonchev–Trinajstić information content (AvgIpc) is 3.30. The van der Waals surface area contributed by atoms with Gasteiger partial charge in [0.1, 0.15) is 40.6 Å². The molecule has 0 N–H and O–H groups in total. The van der Waals surface area contributed by atoms with Crippen molar-refractivity contribution in [3.05, 3.63) is 99.9 Å². The molecule has 0 bridgehead atoms. The van der Waals surface area contributed by atoms with E-state index in [1.165, 1.54) is 0 Å². The maximum atomic E-state index is 15.5. The summed E-state index contributed by atoms with van der Waals surface area (Å²) in [6.07, 6.45) is -4.45. The van der Waals surface area contributed by atoms with Gasteiger partial charge in [-0.25, -0.2) is 35.5 Å². The molecule has 1 atom stereocenters. The smallest absolute Gasteiger partial charge is 0.348 e. The Morgan fingerprint density at radius 1 is 0.771 bits per heavy atom. The van der Waals surface area contributed by atoms with Crippen LogP contribution in [-0.4, -0.2) is 19.6 Å². The Kier molecular flexibility index (Phi) is 10.2. The Bertz CT molecular complexity index is 1570. The lowest BCUT2D eigenvalue weighted by molar-refractivity contribution is -0.432. The third kappa shape index (κ3) is 7.32. The van der Waals surface area contributed by atoms with Crippen molar-refractivity contribution in [3.8, 4) is 0 Å². The topological polar surface area (TPSA) is 27.7 Å². The van der Waals surface area contributed by atoms with Gasteiger partial charge in [-0.1, -0.05) is 18.2 Å². The van der Waals surface area contributed by atoms with E-state index in [9.17, 15) is 35.1 Å². The molecule has 1 saturated carbocycles. The van der Waals surface area contributed by atoms with Crippen LogP contribution in [0.1, 0.15) is 61.2 Å². The molecule has 1 saturated heterocycles. The van der Waals surface area contributed by atoms with Crippen LogP contribution in [0, 0.1) is 41.1 Å². The number of hydrogen-bond donors (Lipinski definition) is 0. The minimum atomic E-state index is -6.03. The molecule has 2 aromatic carbocycles. The zero-order valence-electron chi connectivity index (χ0n) is 25.0. The molecule has 1 unspecified atom stereocenters. The second-order valence-electron chi connectivity index (χ2n) is 11.9. The number of halogens is 12. The van der Waals surface area contributed by atoms with Gasteiger partial charge in [-0.15, -0.1) is 13.2 Å². The van der Waals surface area contributed by atoms with Crippen LogP contribution in [0.3, 0.4) is 0 Å². The molecular weight excluding hydrogens is 672 g/mol. The highest BCUT2D eigenvalue weighted by molar-refractivity contribution is 5.82. The molecule has 2 aliphatic carbocycles. The van der Waals surface area contributed by atoms with E-state index in [4.69, 9.17) is 9.47 Å². The van der Waals surface area contributed by atoms with Crippen molar-refractivity contribution in [3.63, 3.8) is 0 Å². The Morgan fingerprint density at radius 3 is 1.92 bits per heavy atom. The first kappa shape index (κ1) is 36.0. The second kappa shape index (κ2) is 13.5. The van der Waals surface area contributed by atoms with Gasteiger partial charge < -0.3 is 9.47 Å². The van der Waals surface area contributed by atoms with E-state index in [0.29, 0.717) is 37.2 Å². The van der Waals surface area contributed by atoms with Gasteiger partial charge in [0, 0.05) is 17.1 Å². The zero-order valence-corrected chi connectivity index (χ0v) is 25.0. The molecule has 0 amide bonds. The van der Waals surface area contributed by atoms with Crippen molar-refractivity contribution < 1.29 is 66.9 Å². The van der Waals surface area contributed by atoms with Crippen LogP contribution in [0.2, 0.25) is 0 Å². The second-order valence-corrected chi connectivity index (χ2v) is 11.9. The van der Waals surface area contributed by atoms with Crippen LogP contribution in [0.25, 0.3) is 5.57 Å². The molecule has 3 nitrogen and oxygen atoms in total. The minimum absolute atomic E-state index is 0.00259. The number of alkyl halides is 7. The third-order valence-corrected chi connectivity index (χ3v) is 8.82. The van der Waals surface area contributed by atoms with Crippen LogP contribution >= 0.6 is 0 Å². The van der Waals surface area contributed by atoms with Crippen molar-refractivity contribution in [1.29, 1.82) is 0 Å². The van der Waals surface area contributed by atoms with E-state index < -0.39 is 82.0 Å². The molecule has 2 fully saturated rings. The number of rotatable bonds is 8. The quantitative estimate of drug-likeness (QED) is 0.203. The zero-order chi connectivity index (χ0) is 35.2. The Balaban J connectivity index is 1.32. The monoisotopic (exact) mass is 700 g/mol. The van der Waals surface area contributed by atoms with Crippen LogP contribution in [0.15, 0.2) is 60.2 Å². The first-order valence-corrected chi connectivity index (χ1v) is 14.9. The summed E-state index contributed by atoms with van der Waals surface area (Å²) in [7, 11) is 0. The molecule has 15 heteroatoms. The van der Waals surface area contributed by atoms with Crippen LogP contribution < -0.4 is 0 Å². The third-order valence-electron chi connectivity index (χ3n) is 8.82. The highest BCUT2D eigenvalue weighted by atomic mass is 19.4. The largest absolute Gasteiger partial charge is 0.527 e. The normalized spacial score (nSPS) is 26.0. The van der Waals surface area contributed by atoms with Gasteiger partial charge in [-0.2, -0.15) is 8.78 Å². The minimum Gasteiger partial charge on any atom is -0.348 e. The van der Waals surface area contributed by atoms with Gasteiger partial charge in [-0.3, -0.25) is 0 Å². The molecule has 1 heterocycles. The molecular formula is C33H28F12O3. The highest BCUT2D eigenvalue weighted by Gasteiger charge is 2.51. The SMILES string of the molecule is C/C=C/C1CCC(C2COC(c3ccc(C(F)(F)C4C=C(F)C(c5cc(F)c(C(F)(F)OC(F)(F)F)c(F)c5)=C4F)c(F)c3)OC2)CC1. The summed E-state index contributed by atoms with van der Waals surface area (Å²) in [4.78, 5) is 0. The molecule has 48 heavy (non-hydrogen) atoms. The van der Waals surface area contributed by atoms with Crippen molar-refractivity contribution in [1.82, 2.24) is 0 Å². The van der Waals surface area contributed by atoms with Gasteiger partial charge in [0.15, 0.2) is 6.29 Å². The molecule has 0 aromatic heterocycles. The van der Waals surface area contributed by atoms with Crippen LogP contribution in [0.5, 0.6) is 0 Å². The average molecular weight is 701 g/mol. The maximum Gasteiger partial charge on any atom is 0.527 e. The fourth-order valence-electron chi connectivity index (χ4n) is 6.48. The van der Waals surface area contributed by atoms with E-state index in [-0.39, 0.29) is 29.7 Å². The molecule has 262 valence electrons. The van der Waals surface area contributed by atoms with Crippen molar-refractivity contribution in [2.45, 2.75) is 57.3 Å². The predicted molar refractivity (Wildman–Crippen MR) is 147 cm³/mol.